The van der Waals surface area contributed by atoms with E-state index in [0.29, 0.717) is 10.3 Å². The second-order valence-corrected chi connectivity index (χ2v) is 7.30. The summed E-state index contributed by atoms with van der Waals surface area (Å²) in [5.41, 5.74) is 0.747. The number of rotatable bonds is 5. The van der Waals surface area contributed by atoms with Crippen molar-refractivity contribution in [1.82, 2.24) is 8.96 Å². The van der Waals surface area contributed by atoms with Crippen LogP contribution in [0.1, 0.15) is 5.56 Å². The zero-order chi connectivity index (χ0) is 18.0. The van der Waals surface area contributed by atoms with Crippen LogP contribution in [0.3, 0.4) is 0 Å². The Morgan fingerprint density at radius 1 is 1.20 bits per heavy atom. The van der Waals surface area contributed by atoms with Gasteiger partial charge in [0.1, 0.15) is 10.7 Å². The van der Waals surface area contributed by atoms with E-state index in [0.717, 1.165) is 3.97 Å². The molecule has 0 N–H and O–H groups in total. The summed E-state index contributed by atoms with van der Waals surface area (Å²) < 4.78 is 41.8. The summed E-state index contributed by atoms with van der Waals surface area (Å²) >= 11 is 0. The summed E-state index contributed by atoms with van der Waals surface area (Å²) in [5, 5.41) is 0. The fourth-order valence-electron chi connectivity index (χ4n) is 2.52. The number of benzene rings is 1. The Morgan fingerprint density at radius 2 is 1.96 bits per heavy atom. The number of pyridine rings is 1. The highest BCUT2D eigenvalue weighted by atomic mass is 32.2. The van der Waals surface area contributed by atoms with Crippen molar-refractivity contribution in [1.29, 1.82) is 0 Å². The Morgan fingerprint density at radius 3 is 2.60 bits per heavy atom. The molecule has 0 fully saturated rings. The normalized spacial score (nSPS) is 11.4. The maximum atomic E-state index is 14.2. The first-order chi connectivity index (χ1) is 11.9. The lowest BCUT2D eigenvalue weighted by atomic mass is 10.1. The van der Waals surface area contributed by atoms with Crippen molar-refractivity contribution in [2.45, 2.75) is 11.4 Å². The molecular weight excluding hydrogens is 345 g/mol. The van der Waals surface area contributed by atoms with Crippen LogP contribution in [0, 0.1) is 10.7 Å². The largest absolute Gasteiger partial charge is 0.269 e. The lowest BCUT2D eigenvalue weighted by Crippen LogP contribution is -2.14. The van der Waals surface area contributed by atoms with Crippen LogP contribution in [-0.4, -0.2) is 29.2 Å². The Labute approximate surface area is 144 Å². The molecular formula is C17H15FN3O3S+. The zero-order valence-electron chi connectivity index (χ0n) is 13.3. The molecule has 2 aromatic heterocycles. The zero-order valence-corrected chi connectivity index (χ0v) is 14.1. The Hall–Kier alpha value is -2.87. The quantitative estimate of drug-likeness (QED) is 0.656. The Bertz CT molecular complexity index is 1030. The second-order valence-electron chi connectivity index (χ2n) is 5.49. The maximum absolute atomic E-state index is 14.2. The number of nitrogens with zero attached hydrogens (tertiary/aromatic N) is 3. The van der Waals surface area contributed by atoms with E-state index in [1.54, 1.807) is 6.07 Å². The molecule has 0 saturated heterocycles. The minimum atomic E-state index is -3.98. The molecule has 0 bridgehead atoms. The van der Waals surface area contributed by atoms with Crippen LogP contribution < -0.4 is 0 Å². The van der Waals surface area contributed by atoms with E-state index >= 15 is 0 Å². The van der Waals surface area contributed by atoms with Gasteiger partial charge in [0, 0.05) is 34.6 Å². The van der Waals surface area contributed by atoms with Crippen LogP contribution in [-0.2, 0) is 16.6 Å². The van der Waals surface area contributed by atoms with Gasteiger partial charge in [0.25, 0.3) is 10.0 Å². The molecule has 6 nitrogen and oxygen atoms in total. The highest BCUT2D eigenvalue weighted by molar-refractivity contribution is 7.90. The van der Waals surface area contributed by atoms with Crippen molar-refractivity contribution < 1.29 is 17.6 Å². The van der Waals surface area contributed by atoms with Gasteiger partial charge >= 0.3 is 0 Å². The fraction of sp³-hybridized carbons (Fsp3) is 0.118. The summed E-state index contributed by atoms with van der Waals surface area (Å²) in [7, 11) is -2.65. The maximum Gasteiger partial charge on any atom is 0.269 e. The van der Waals surface area contributed by atoms with Gasteiger partial charge in [-0.05, 0) is 35.1 Å². The van der Waals surface area contributed by atoms with Gasteiger partial charge in [-0.15, -0.1) is 0 Å². The molecule has 8 heteroatoms. The van der Waals surface area contributed by atoms with E-state index < -0.39 is 15.8 Å². The van der Waals surface area contributed by atoms with Crippen LogP contribution in [0.2, 0.25) is 0 Å². The first-order valence-corrected chi connectivity index (χ1v) is 8.83. The standard InChI is InChI=1S/C17H15FN3O3S/c1-20(22)11-13-9-17(15-6-2-3-7-16(15)18)21(12-13)25(23,24)14-5-4-8-19-10-14/h2-10,12H,11H2,1H3/q+1. The van der Waals surface area contributed by atoms with Crippen molar-refractivity contribution in [3.05, 3.63) is 77.3 Å². The fourth-order valence-corrected chi connectivity index (χ4v) is 3.87. The summed E-state index contributed by atoms with van der Waals surface area (Å²) in [6.07, 6.45) is 4.02. The molecule has 0 radical (unpaired) electrons. The first kappa shape index (κ1) is 17.0. The smallest absolute Gasteiger partial charge is 0.263 e. The number of hydrogen-bond donors (Lipinski definition) is 0. The van der Waals surface area contributed by atoms with Crippen molar-refractivity contribution in [2.24, 2.45) is 0 Å². The number of aromatic nitrogens is 2. The molecule has 3 rings (SSSR count). The van der Waals surface area contributed by atoms with E-state index in [2.05, 4.69) is 4.98 Å². The van der Waals surface area contributed by atoms with Gasteiger partial charge in [-0.1, -0.05) is 12.1 Å². The van der Waals surface area contributed by atoms with Gasteiger partial charge in [-0.25, -0.2) is 16.8 Å². The molecule has 128 valence electrons. The van der Waals surface area contributed by atoms with E-state index in [1.807, 2.05) is 0 Å². The van der Waals surface area contributed by atoms with Gasteiger partial charge in [0.05, 0.1) is 5.69 Å². The summed E-state index contributed by atoms with van der Waals surface area (Å²) in [5.74, 6) is -0.551. The lowest BCUT2D eigenvalue weighted by molar-refractivity contribution is -0.535. The predicted molar refractivity (Wildman–Crippen MR) is 89.9 cm³/mol. The van der Waals surface area contributed by atoms with Gasteiger partial charge in [0.2, 0.25) is 6.54 Å². The third-order valence-corrected chi connectivity index (χ3v) is 5.25. The number of nitroso groups, excluding NO2 is 1. The molecule has 0 saturated carbocycles. The molecule has 0 unspecified atom stereocenters. The lowest BCUT2D eigenvalue weighted by Gasteiger charge is -2.10. The molecule has 25 heavy (non-hydrogen) atoms. The highest BCUT2D eigenvalue weighted by Crippen LogP contribution is 2.29. The number of hydrogen-bond acceptors (Lipinski definition) is 4. The monoisotopic (exact) mass is 360 g/mol. The molecule has 1 aromatic carbocycles. The molecule has 0 aliphatic carbocycles. The van der Waals surface area contributed by atoms with Gasteiger partial charge in [-0.2, -0.15) is 0 Å². The number of halogens is 1. The summed E-state index contributed by atoms with van der Waals surface area (Å²) in [6.45, 7) is -0.0169. The average Bonchev–Trinajstić information content (AvgIpc) is 2.99. The van der Waals surface area contributed by atoms with E-state index in [4.69, 9.17) is 0 Å². The van der Waals surface area contributed by atoms with Crippen LogP contribution in [0.25, 0.3) is 11.3 Å². The van der Waals surface area contributed by atoms with Gasteiger partial charge < -0.3 is 0 Å². The van der Waals surface area contributed by atoms with Crippen LogP contribution >= 0.6 is 0 Å². The third-order valence-electron chi connectivity index (χ3n) is 3.59. The molecule has 0 aliphatic rings. The van der Waals surface area contributed by atoms with Crippen LogP contribution in [0.15, 0.2) is 66.0 Å². The average molecular weight is 360 g/mol. The van der Waals surface area contributed by atoms with Crippen LogP contribution in [0.4, 0.5) is 4.39 Å². The SMILES string of the molecule is C[N+](=O)Cc1cc(-c2ccccc2F)n(S(=O)(=O)c2cccnc2)c1. The molecule has 0 atom stereocenters. The summed E-state index contributed by atoms with van der Waals surface area (Å²) in [4.78, 5) is 15.1. The van der Waals surface area contributed by atoms with Crippen molar-refractivity contribution in [2.75, 3.05) is 7.05 Å². The van der Waals surface area contributed by atoms with E-state index in [-0.39, 0.29) is 22.7 Å². The second kappa shape index (κ2) is 6.56. The third kappa shape index (κ3) is 3.34. The minimum Gasteiger partial charge on any atom is -0.263 e. The molecule has 0 amide bonds. The Balaban J connectivity index is 2.23. The van der Waals surface area contributed by atoms with Crippen molar-refractivity contribution >= 4 is 10.0 Å². The van der Waals surface area contributed by atoms with Gasteiger partial charge in [0.15, 0.2) is 7.05 Å². The van der Waals surface area contributed by atoms with E-state index in [9.17, 15) is 17.7 Å². The van der Waals surface area contributed by atoms with Crippen molar-refractivity contribution in [3.8, 4) is 11.3 Å². The summed E-state index contributed by atoms with van der Waals surface area (Å²) in [6, 6.07) is 10.3. The predicted octanol–water partition coefficient (Wildman–Crippen LogP) is 2.83. The molecule has 0 spiro atoms. The molecule has 2 heterocycles. The highest BCUT2D eigenvalue weighted by Gasteiger charge is 2.24. The topological polar surface area (TPSA) is 72.0 Å². The minimum absolute atomic E-state index is 0.0169. The van der Waals surface area contributed by atoms with E-state index in [1.165, 1.54) is 62.0 Å². The van der Waals surface area contributed by atoms with Crippen molar-refractivity contribution in [3.63, 3.8) is 0 Å². The molecule has 0 aliphatic heterocycles. The Kier molecular flexibility index (Phi) is 4.45. The van der Waals surface area contributed by atoms with Crippen LogP contribution in [0.5, 0.6) is 0 Å². The van der Waals surface area contributed by atoms with Gasteiger partial charge in [-0.3, -0.25) is 4.98 Å². The first-order valence-electron chi connectivity index (χ1n) is 7.39. The molecule has 3 aromatic rings.